The van der Waals surface area contributed by atoms with E-state index in [4.69, 9.17) is 38.8 Å². The SMILES string of the molecule is COc1cc2cc(c1)COCc1ccn(C)c1NC(=O)C(CCCCCC(=O)NO)OCCC2.COc1cc2cc(c1)COc1cccnc1NC(=O)C(CCCCCC(=O)NO)OCCC2. The standard InChI is InChI=1S/C25H35N3O6.C24H31N3O6/c1-28-11-10-20-17-33-16-19-13-18(14-21(15-19)32-2)7-6-12-34-22(25(30)26-24(20)28)8-4-3-5-9-23(29)27-31;1-31-19-14-17-7-6-12-32-21(8-3-2-4-10-22(28)27-30)24(29)26-23-20(9-5-11-25-23)33-16-18(13-17)15-19/h10-11,13-15,22,31H,3-9,12,16-17H2,1-2H3,(H,26,30)(H,27,29);5,9,11,13-15,21,30H,2-4,6-8,10,12,16H2,1H3,(H,27,28)(H,25,26,29). The molecule has 67 heavy (non-hydrogen) atoms. The Balaban J connectivity index is 0.000000251. The number of ether oxygens (including phenoxy) is 6. The number of nitrogens with zero attached hydrogens (tertiary/aromatic N) is 2. The number of anilines is 2. The van der Waals surface area contributed by atoms with Gasteiger partial charge in [-0.3, -0.25) is 29.6 Å². The van der Waals surface area contributed by atoms with Crippen molar-refractivity contribution in [3.05, 3.63) is 94.8 Å². The summed E-state index contributed by atoms with van der Waals surface area (Å²) in [4.78, 5) is 52.7. The Bertz CT molecular complexity index is 2200. The largest absolute Gasteiger partial charge is 0.497 e. The molecule has 2 aromatic heterocycles. The average Bonchev–Trinajstić information content (AvgIpc) is 3.68. The van der Waals surface area contributed by atoms with Gasteiger partial charge < -0.3 is 43.6 Å². The van der Waals surface area contributed by atoms with Crippen LogP contribution in [0.3, 0.4) is 0 Å². The fourth-order valence-corrected chi connectivity index (χ4v) is 7.73. The third-order valence-corrected chi connectivity index (χ3v) is 11.3. The molecule has 0 saturated carbocycles. The van der Waals surface area contributed by atoms with Crippen LogP contribution in [0, 0.1) is 0 Å². The van der Waals surface area contributed by atoms with Crippen LogP contribution >= 0.6 is 0 Å². The van der Waals surface area contributed by atoms with Crippen LogP contribution < -0.4 is 35.8 Å². The van der Waals surface area contributed by atoms with Gasteiger partial charge in [0.1, 0.15) is 36.1 Å². The molecule has 2 aliphatic rings. The minimum absolute atomic E-state index is 0.187. The predicted octanol–water partition coefficient (Wildman–Crippen LogP) is 6.87. The molecular formula is C49H66N6O12. The van der Waals surface area contributed by atoms with E-state index in [1.54, 1.807) is 43.5 Å². The van der Waals surface area contributed by atoms with E-state index in [1.165, 1.54) is 0 Å². The maximum absolute atomic E-state index is 13.1. The lowest BCUT2D eigenvalue weighted by molar-refractivity contribution is -0.130. The molecule has 4 heterocycles. The van der Waals surface area contributed by atoms with Gasteiger partial charge in [0.15, 0.2) is 11.6 Å². The minimum Gasteiger partial charge on any atom is -0.497 e. The number of carbonyl (C=O) groups is 4. The summed E-state index contributed by atoms with van der Waals surface area (Å²) in [5.41, 5.74) is 8.42. The molecule has 2 atom stereocenters. The second-order valence-corrected chi connectivity index (χ2v) is 16.5. The maximum atomic E-state index is 13.1. The fraction of sp³-hybridized carbons (Fsp3) is 0.490. The summed E-state index contributed by atoms with van der Waals surface area (Å²) in [7, 11) is 5.17. The summed E-state index contributed by atoms with van der Waals surface area (Å²) >= 11 is 0. The van der Waals surface area contributed by atoms with Crippen LogP contribution in [0.15, 0.2) is 67.0 Å². The monoisotopic (exact) mass is 930 g/mol. The van der Waals surface area contributed by atoms with Gasteiger partial charge in [-0.05, 0) is 116 Å². The number of methoxy groups -OCH3 is 2. The molecule has 18 nitrogen and oxygen atoms in total. The molecule has 6 rings (SSSR count). The number of pyridine rings is 1. The number of rotatable bonds is 14. The van der Waals surface area contributed by atoms with Crippen molar-refractivity contribution in [3.63, 3.8) is 0 Å². The maximum Gasteiger partial charge on any atom is 0.254 e. The van der Waals surface area contributed by atoms with Gasteiger partial charge in [0.25, 0.3) is 11.8 Å². The Morgan fingerprint density at radius 3 is 1.85 bits per heavy atom. The molecular weight excluding hydrogens is 865 g/mol. The molecule has 6 N–H and O–H groups in total. The summed E-state index contributed by atoms with van der Waals surface area (Å²) in [6.45, 7) is 2.01. The topological polar surface area (TPSA) is 230 Å². The second-order valence-electron chi connectivity index (χ2n) is 16.5. The molecule has 364 valence electrons. The fourth-order valence-electron chi connectivity index (χ4n) is 7.73. The number of hydrogen-bond donors (Lipinski definition) is 6. The molecule has 0 fully saturated rings. The molecule has 18 heteroatoms. The van der Waals surface area contributed by atoms with Crippen LogP contribution in [0.1, 0.15) is 105 Å². The smallest absolute Gasteiger partial charge is 0.254 e. The lowest BCUT2D eigenvalue weighted by Crippen LogP contribution is -2.32. The van der Waals surface area contributed by atoms with E-state index in [2.05, 4.69) is 27.8 Å². The van der Waals surface area contributed by atoms with Gasteiger partial charge in [0.2, 0.25) is 11.8 Å². The highest BCUT2D eigenvalue weighted by molar-refractivity contribution is 5.95. The highest BCUT2D eigenvalue weighted by atomic mass is 16.5. The first-order chi connectivity index (χ1) is 32.6. The number of aromatic nitrogens is 2. The molecule has 4 bridgehead atoms. The normalized spacial score (nSPS) is 16.9. The van der Waals surface area contributed by atoms with Gasteiger partial charge in [0.05, 0.1) is 27.4 Å². The van der Waals surface area contributed by atoms with Crippen LogP contribution in [0.5, 0.6) is 17.2 Å². The Morgan fingerprint density at radius 2 is 1.28 bits per heavy atom. The van der Waals surface area contributed by atoms with Gasteiger partial charge >= 0.3 is 0 Å². The molecule has 2 unspecified atom stereocenters. The zero-order valence-electron chi connectivity index (χ0n) is 38.8. The van der Waals surface area contributed by atoms with E-state index in [9.17, 15) is 19.2 Å². The van der Waals surface area contributed by atoms with Gasteiger partial charge in [-0.25, -0.2) is 15.9 Å². The number of fused-ring (bicyclic) bond motifs is 6. The summed E-state index contributed by atoms with van der Waals surface area (Å²) < 4.78 is 36.7. The molecule has 2 aromatic carbocycles. The number of hydrogen-bond acceptors (Lipinski definition) is 13. The van der Waals surface area contributed by atoms with Gasteiger partial charge in [0, 0.05) is 51.1 Å². The number of hydroxylamine groups is 2. The van der Waals surface area contributed by atoms with Gasteiger partial charge in [-0.15, -0.1) is 0 Å². The van der Waals surface area contributed by atoms with E-state index in [0.29, 0.717) is 82.5 Å². The number of amides is 4. The number of benzene rings is 2. The zero-order valence-corrected chi connectivity index (χ0v) is 38.8. The minimum atomic E-state index is -0.643. The van der Waals surface area contributed by atoms with Crippen molar-refractivity contribution >= 4 is 35.3 Å². The molecule has 0 saturated heterocycles. The van der Waals surface area contributed by atoms with E-state index in [-0.39, 0.29) is 24.7 Å². The molecule has 0 aliphatic carbocycles. The van der Waals surface area contributed by atoms with Crippen LogP contribution in [0.25, 0.3) is 0 Å². The van der Waals surface area contributed by atoms with Gasteiger partial charge in [-0.1, -0.05) is 37.8 Å². The first kappa shape index (κ1) is 51.9. The molecule has 0 radical (unpaired) electrons. The summed E-state index contributed by atoms with van der Waals surface area (Å²) in [5.74, 6) is 1.80. The van der Waals surface area contributed by atoms with E-state index < -0.39 is 24.0 Å². The first-order valence-electron chi connectivity index (χ1n) is 22.9. The van der Waals surface area contributed by atoms with E-state index in [1.807, 2.05) is 48.1 Å². The zero-order chi connectivity index (χ0) is 47.8. The van der Waals surface area contributed by atoms with Crippen LogP contribution in [-0.2, 0) is 73.1 Å². The van der Waals surface area contributed by atoms with Crippen molar-refractivity contribution in [2.45, 2.75) is 122 Å². The van der Waals surface area contributed by atoms with E-state index >= 15 is 0 Å². The quantitative estimate of drug-likeness (QED) is 0.0431. The second kappa shape index (κ2) is 28.2. The lowest BCUT2D eigenvalue weighted by atomic mass is 10.1. The van der Waals surface area contributed by atoms with Crippen molar-refractivity contribution in [1.29, 1.82) is 0 Å². The third-order valence-electron chi connectivity index (χ3n) is 11.3. The summed E-state index contributed by atoms with van der Waals surface area (Å²) in [6.07, 6.45) is 11.1. The Hall–Kier alpha value is -6.05. The molecule has 4 amide bonds. The van der Waals surface area contributed by atoms with Crippen LogP contribution in [0.2, 0.25) is 0 Å². The number of aryl methyl sites for hydroxylation is 3. The van der Waals surface area contributed by atoms with Crippen molar-refractivity contribution in [2.24, 2.45) is 7.05 Å². The highest BCUT2D eigenvalue weighted by Crippen LogP contribution is 2.27. The van der Waals surface area contributed by atoms with Crippen molar-refractivity contribution in [1.82, 2.24) is 20.5 Å². The molecule has 0 spiro atoms. The Labute approximate surface area is 391 Å². The van der Waals surface area contributed by atoms with Crippen LogP contribution in [0.4, 0.5) is 11.6 Å². The van der Waals surface area contributed by atoms with E-state index in [0.717, 1.165) is 84.3 Å². The Morgan fingerprint density at radius 1 is 0.731 bits per heavy atom. The third kappa shape index (κ3) is 17.6. The first-order valence-corrected chi connectivity index (χ1v) is 22.9. The summed E-state index contributed by atoms with van der Waals surface area (Å²) in [6, 6.07) is 17.6. The van der Waals surface area contributed by atoms with Crippen molar-refractivity contribution in [3.8, 4) is 17.2 Å². The number of unbranched alkanes of at least 4 members (excludes halogenated alkanes) is 4. The van der Waals surface area contributed by atoms with Crippen molar-refractivity contribution in [2.75, 3.05) is 38.1 Å². The molecule has 2 aliphatic heterocycles. The predicted molar refractivity (Wildman–Crippen MR) is 248 cm³/mol. The number of nitrogens with one attached hydrogen (secondary N) is 4. The highest BCUT2D eigenvalue weighted by Gasteiger charge is 2.23. The van der Waals surface area contributed by atoms with Gasteiger partial charge in [-0.2, -0.15) is 0 Å². The number of carbonyl (C=O) groups excluding carboxylic acids is 4. The van der Waals surface area contributed by atoms with Crippen LogP contribution in [-0.4, -0.2) is 83.2 Å². The summed E-state index contributed by atoms with van der Waals surface area (Å²) in [5, 5.41) is 23.0. The van der Waals surface area contributed by atoms with Crippen molar-refractivity contribution < 1.29 is 58.0 Å². The lowest BCUT2D eigenvalue weighted by Gasteiger charge is -2.19. The average molecular weight is 931 g/mol. The molecule has 4 aromatic rings. The Kier molecular flexibility index (Phi) is 21.9.